The number of rotatable bonds is 4. The molecule has 0 N–H and O–H groups in total. The van der Waals surface area contributed by atoms with Crippen LogP contribution in [0, 0.1) is 6.92 Å². The highest BCUT2D eigenvalue weighted by atomic mass is 32.2. The van der Waals surface area contributed by atoms with Crippen LogP contribution in [0.3, 0.4) is 0 Å². The van der Waals surface area contributed by atoms with E-state index in [1.54, 1.807) is 19.1 Å². The van der Waals surface area contributed by atoms with Crippen LogP contribution in [-0.4, -0.2) is 31.1 Å². The second-order valence-electron chi connectivity index (χ2n) is 5.85. The van der Waals surface area contributed by atoms with Gasteiger partial charge in [0.25, 0.3) is 10.0 Å². The Kier molecular flexibility index (Phi) is 4.22. The van der Waals surface area contributed by atoms with Gasteiger partial charge in [-0.05, 0) is 38.0 Å². The Labute approximate surface area is 137 Å². The van der Waals surface area contributed by atoms with E-state index < -0.39 is 10.0 Å². The third kappa shape index (κ3) is 3.15. The Bertz CT molecular complexity index is 812. The molecule has 120 valence electrons. The van der Waals surface area contributed by atoms with Crippen molar-refractivity contribution in [3.63, 3.8) is 0 Å². The third-order valence-electron chi connectivity index (χ3n) is 4.07. The molecule has 3 rings (SSSR count). The van der Waals surface area contributed by atoms with E-state index in [1.165, 1.54) is 4.31 Å². The van der Waals surface area contributed by atoms with E-state index >= 15 is 0 Å². The number of aryl methyl sites for hydroxylation is 1. The molecular formula is C18H20N2O2S. The van der Waals surface area contributed by atoms with Gasteiger partial charge in [-0.3, -0.25) is 4.99 Å². The zero-order valence-electron chi connectivity index (χ0n) is 13.3. The standard InChI is InChI=1S/C18H20N2O2S/c1-14-8-10-18(11-9-14)23(21,22)20-15(2)19-13-17(20)12-16-6-4-3-5-7-16/h3-11,17H,12-13H2,1-2H3. The summed E-state index contributed by atoms with van der Waals surface area (Å²) in [4.78, 5) is 4.69. The van der Waals surface area contributed by atoms with Crippen LogP contribution >= 0.6 is 0 Å². The van der Waals surface area contributed by atoms with E-state index in [-0.39, 0.29) is 6.04 Å². The maximum absolute atomic E-state index is 13.0. The van der Waals surface area contributed by atoms with E-state index in [1.807, 2.05) is 49.4 Å². The summed E-state index contributed by atoms with van der Waals surface area (Å²) in [5.41, 5.74) is 2.16. The normalized spacial score (nSPS) is 18.1. The first-order valence-electron chi connectivity index (χ1n) is 7.64. The number of nitrogens with zero attached hydrogens (tertiary/aromatic N) is 2. The summed E-state index contributed by atoms with van der Waals surface area (Å²) in [5, 5.41) is 0. The number of hydrogen-bond donors (Lipinski definition) is 0. The molecular weight excluding hydrogens is 308 g/mol. The predicted molar refractivity (Wildman–Crippen MR) is 92.1 cm³/mol. The van der Waals surface area contributed by atoms with Crippen LogP contribution < -0.4 is 0 Å². The van der Waals surface area contributed by atoms with Gasteiger partial charge >= 0.3 is 0 Å². The zero-order valence-corrected chi connectivity index (χ0v) is 14.1. The molecule has 0 saturated heterocycles. The Hall–Kier alpha value is -2.14. The van der Waals surface area contributed by atoms with Gasteiger partial charge in [0.1, 0.15) is 5.84 Å². The van der Waals surface area contributed by atoms with Gasteiger partial charge in [0, 0.05) is 0 Å². The monoisotopic (exact) mass is 328 g/mol. The number of hydrogen-bond acceptors (Lipinski definition) is 3. The molecule has 1 heterocycles. The second kappa shape index (κ2) is 6.16. The van der Waals surface area contributed by atoms with Crippen molar-refractivity contribution in [2.75, 3.05) is 6.54 Å². The largest absolute Gasteiger partial charge is 0.270 e. The molecule has 23 heavy (non-hydrogen) atoms. The van der Waals surface area contributed by atoms with Gasteiger partial charge in [0.2, 0.25) is 0 Å². The van der Waals surface area contributed by atoms with Gasteiger partial charge in [-0.15, -0.1) is 0 Å². The molecule has 1 aliphatic heterocycles. The molecule has 1 atom stereocenters. The SMILES string of the molecule is CC1=NCC(Cc2ccccc2)N1S(=O)(=O)c1ccc(C)cc1. The molecule has 2 aromatic rings. The Morgan fingerprint density at radius 3 is 2.35 bits per heavy atom. The highest BCUT2D eigenvalue weighted by Gasteiger charge is 2.35. The average Bonchev–Trinajstić information content (AvgIpc) is 2.90. The number of benzene rings is 2. The summed E-state index contributed by atoms with van der Waals surface area (Å²) in [6, 6.07) is 16.7. The lowest BCUT2D eigenvalue weighted by Gasteiger charge is -2.26. The Morgan fingerprint density at radius 2 is 1.70 bits per heavy atom. The van der Waals surface area contributed by atoms with Crippen molar-refractivity contribution in [1.82, 2.24) is 4.31 Å². The minimum Gasteiger partial charge on any atom is -0.270 e. The summed E-state index contributed by atoms with van der Waals surface area (Å²) >= 11 is 0. The van der Waals surface area contributed by atoms with E-state index in [0.29, 0.717) is 23.7 Å². The third-order valence-corrected chi connectivity index (χ3v) is 6.02. The average molecular weight is 328 g/mol. The van der Waals surface area contributed by atoms with Crippen LogP contribution in [0.15, 0.2) is 64.5 Å². The van der Waals surface area contributed by atoms with Crippen molar-refractivity contribution >= 4 is 15.9 Å². The molecule has 2 aromatic carbocycles. The zero-order chi connectivity index (χ0) is 16.4. The maximum atomic E-state index is 13.0. The molecule has 1 aliphatic rings. The fourth-order valence-electron chi connectivity index (χ4n) is 2.87. The molecule has 5 heteroatoms. The highest BCUT2D eigenvalue weighted by Crippen LogP contribution is 2.25. The highest BCUT2D eigenvalue weighted by molar-refractivity contribution is 7.89. The van der Waals surface area contributed by atoms with Crippen LogP contribution in [0.2, 0.25) is 0 Å². The minimum absolute atomic E-state index is 0.163. The van der Waals surface area contributed by atoms with Gasteiger partial charge in [-0.2, -0.15) is 0 Å². The lowest BCUT2D eigenvalue weighted by Crippen LogP contribution is -2.41. The summed E-state index contributed by atoms with van der Waals surface area (Å²) in [6.07, 6.45) is 0.659. The van der Waals surface area contributed by atoms with Crippen molar-refractivity contribution in [2.24, 2.45) is 4.99 Å². The van der Waals surface area contributed by atoms with Crippen molar-refractivity contribution in [3.8, 4) is 0 Å². The van der Waals surface area contributed by atoms with Crippen LogP contribution in [0.4, 0.5) is 0 Å². The topological polar surface area (TPSA) is 49.7 Å². The van der Waals surface area contributed by atoms with Crippen LogP contribution in [0.5, 0.6) is 0 Å². The summed E-state index contributed by atoms with van der Waals surface area (Å²) in [6.45, 7) is 4.21. The maximum Gasteiger partial charge on any atom is 0.265 e. The van der Waals surface area contributed by atoms with Gasteiger partial charge in [0.15, 0.2) is 0 Å². The lowest BCUT2D eigenvalue weighted by molar-refractivity contribution is 0.454. The molecule has 1 unspecified atom stereocenters. The van der Waals surface area contributed by atoms with E-state index in [0.717, 1.165) is 11.1 Å². The molecule has 0 amide bonds. The molecule has 0 aromatic heterocycles. The Balaban J connectivity index is 1.91. The molecule has 0 fully saturated rings. The van der Waals surface area contributed by atoms with Gasteiger partial charge < -0.3 is 0 Å². The van der Waals surface area contributed by atoms with Crippen LogP contribution in [0.25, 0.3) is 0 Å². The molecule has 4 nitrogen and oxygen atoms in total. The first-order chi connectivity index (χ1) is 11.0. The quantitative estimate of drug-likeness (QED) is 0.866. The van der Waals surface area contributed by atoms with Crippen LogP contribution in [0.1, 0.15) is 18.1 Å². The van der Waals surface area contributed by atoms with E-state index in [4.69, 9.17) is 0 Å². The smallest absolute Gasteiger partial charge is 0.265 e. The van der Waals surface area contributed by atoms with Crippen LogP contribution in [-0.2, 0) is 16.4 Å². The number of amidine groups is 1. The minimum atomic E-state index is -3.57. The van der Waals surface area contributed by atoms with Crippen molar-refractivity contribution in [1.29, 1.82) is 0 Å². The fourth-order valence-corrected chi connectivity index (χ4v) is 4.52. The predicted octanol–water partition coefficient (Wildman–Crippen LogP) is 3.03. The van der Waals surface area contributed by atoms with Crippen molar-refractivity contribution in [3.05, 3.63) is 65.7 Å². The first-order valence-corrected chi connectivity index (χ1v) is 9.08. The van der Waals surface area contributed by atoms with Gasteiger partial charge in [-0.25, -0.2) is 12.7 Å². The van der Waals surface area contributed by atoms with Gasteiger partial charge in [-0.1, -0.05) is 48.0 Å². The summed E-state index contributed by atoms with van der Waals surface area (Å²) in [5.74, 6) is 0.562. The van der Waals surface area contributed by atoms with Crippen molar-refractivity contribution < 1.29 is 8.42 Å². The molecule has 0 aliphatic carbocycles. The summed E-state index contributed by atoms with van der Waals surface area (Å²) in [7, 11) is -3.57. The van der Waals surface area contributed by atoms with E-state index in [9.17, 15) is 8.42 Å². The second-order valence-corrected chi connectivity index (χ2v) is 7.66. The number of aliphatic imine (C=N–C) groups is 1. The fraction of sp³-hybridized carbons (Fsp3) is 0.278. The number of sulfonamides is 1. The lowest BCUT2D eigenvalue weighted by atomic mass is 10.1. The van der Waals surface area contributed by atoms with E-state index in [2.05, 4.69) is 4.99 Å². The van der Waals surface area contributed by atoms with Crippen molar-refractivity contribution in [2.45, 2.75) is 31.2 Å². The first kappa shape index (κ1) is 15.7. The molecule has 0 radical (unpaired) electrons. The van der Waals surface area contributed by atoms with Gasteiger partial charge in [0.05, 0.1) is 17.5 Å². The molecule has 0 saturated carbocycles. The Morgan fingerprint density at radius 1 is 1.04 bits per heavy atom. The summed E-state index contributed by atoms with van der Waals surface area (Å²) < 4.78 is 27.5. The molecule has 0 bridgehead atoms. The molecule has 0 spiro atoms.